The van der Waals surface area contributed by atoms with Gasteiger partial charge in [0.1, 0.15) is 5.75 Å². The van der Waals surface area contributed by atoms with Gasteiger partial charge in [-0.25, -0.2) is 18.8 Å². The summed E-state index contributed by atoms with van der Waals surface area (Å²) in [5, 5.41) is 12.8. The Morgan fingerprint density at radius 1 is 1.12 bits per heavy atom. The zero-order valence-corrected chi connectivity index (χ0v) is 24.5. The summed E-state index contributed by atoms with van der Waals surface area (Å²) in [4.78, 5) is 21.9. The molecule has 43 heavy (non-hydrogen) atoms. The Labute approximate surface area is 250 Å². The molecule has 13 heteroatoms. The number of sulfone groups is 1. The fourth-order valence-corrected chi connectivity index (χ4v) is 5.99. The molecule has 226 valence electrons. The van der Waals surface area contributed by atoms with Gasteiger partial charge >= 0.3 is 0 Å². The van der Waals surface area contributed by atoms with Crippen LogP contribution >= 0.6 is 0 Å². The van der Waals surface area contributed by atoms with Crippen LogP contribution in [0, 0.1) is 0 Å². The van der Waals surface area contributed by atoms with Crippen LogP contribution in [-0.2, 0) is 19.4 Å². The number of carbonyl (C=O) groups excluding carboxylic acids is 1. The van der Waals surface area contributed by atoms with E-state index in [4.69, 9.17) is 19.6 Å². The van der Waals surface area contributed by atoms with Crippen molar-refractivity contribution in [3.05, 3.63) is 100 Å². The van der Waals surface area contributed by atoms with Crippen LogP contribution in [0.1, 0.15) is 43.4 Å². The van der Waals surface area contributed by atoms with Crippen molar-refractivity contribution in [3.8, 4) is 5.75 Å². The number of hydrogen-bond donors (Lipinski definition) is 3. The standard InChI is InChI=1S/C30H34N6O6S/c1-2-18-32-35-29(38)30(17-21-43(39,40)24-9-4-3-5-10-24)27(25-11-6-7-12-26(25)34-36-31)42-28(33-30)22-13-15-23(16-14-22)41-20-8-19-37/h3-7,9-16,27,32,37H,2,8,17-21H2,1H3,(H,35,38)/t27-,30-/m0/s1. The van der Waals surface area contributed by atoms with Gasteiger partial charge in [0, 0.05) is 47.7 Å². The Kier molecular flexibility index (Phi) is 10.7. The Morgan fingerprint density at radius 3 is 2.53 bits per heavy atom. The van der Waals surface area contributed by atoms with Crippen LogP contribution in [0.25, 0.3) is 10.4 Å². The van der Waals surface area contributed by atoms with Gasteiger partial charge in [0.25, 0.3) is 5.91 Å². The molecule has 3 aromatic rings. The van der Waals surface area contributed by atoms with Gasteiger partial charge in [0.2, 0.25) is 5.90 Å². The number of hydrogen-bond acceptors (Lipinski definition) is 9. The van der Waals surface area contributed by atoms with Gasteiger partial charge in [-0.3, -0.25) is 10.2 Å². The quantitative estimate of drug-likeness (QED) is 0.0748. The van der Waals surface area contributed by atoms with Crippen LogP contribution in [0.5, 0.6) is 5.75 Å². The molecule has 2 atom stereocenters. The highest BCUT2D eigenvalue weighted by Gasteiger charge is 2.54. The van der Waals surface area contributed by atoms with E-state index in [0.29, 0.717) is 36.4 Å². The number of aliphatic hydroxyl groups excluding tert-OH is 1. The number of ether oxygens (including phenoxy) is 2. The van der Waals surface area contributed by atoms with Crippen molar-refractivity contribution in [1.82, 2.24) is 10.9 Å². The molecule has 1 amide bonds. The molecule has 3 aromatic carbocycles. The number of amides is 1. The molecule has 0 unspecified atom stereocenters. The van der Waals surface area contributed by atoms with Crippen molar-refractivity contribution in [2.24, 2.45) is 10.1 Å². The number of hydrazine groups is 1. The van der Waals surface area contributed by atoms with E-state index in [0.717, 1.165) is 6.42 Å². The fraction of sp³-hybridized carbons (Fsp3) is 0.333. The lowest BCUT2D eigenvalue weighted by molar-refractivity contribution is -0.130. The van der Waals surface area contributed by atoms with Crippen LogP contribution in [0.2, 0.25) is 0 Å². The normalized spacial score (nSPS) is 17.8. The van der Waals surface area contributed by atoms with Gasteiger partial charge in [-0.2, -0.15) is 0 Å². The maximum Gasteiger partial charge on any atom is 0.266 e. The number of rotatable bonds is 15. The van der Waals surface area contributed by atoms with Crippen LogP contribution in [0.15, 0.2) is 93.9 Å². The Balaban J connectivity index is 1.80. The minimum atomic E-state index is -3.81. The van der Waals surface area contributed by atoms with Gasteiger partial charge in [0.15, 0.2) is 21.5 Å². The third kappa shape index (κ3) is 7.51. The van der Waals surface area contributed by atoms with Crippen LogP contribution in [0.4, 0.5) is 5.69 Å². The third-order valence-electron chi connectivity index (χ3n) is 6.83. The molecule has 0 radical (unpaired) electrons. The van der Waals surface area contributed by atoms with Crippen LogP contribution in [-0.4, -0.2) is 56.4 Å². The molecule has 0 bridgehead atoms. The molecule has 1 heterocycles. The molecular weight excluding hydrogens is 572 g/mol. The molecular formula is C30H34N6O6S. The smallest absolute Gasteiger partial charge is 0.266 e. The summed E-state index contributed by atoms with van der Waals surface area (Å²) >= 11 is 0. The van der Waals surface area contributed by atoms with Crippen LogP contribution in [0.3, 0.4) is 0 Å². The number of benzene rings is 3. The van der Waals surface area contributed by atoms with E-state index >= 15 is 0 Å². The summed E-state index contributed by atoms with van der Waals surface area (Å²) in [6.45, 7) is 2.76. The van der Waals surface area contributed by atoms with Crippen molar-refractivity contribution in [2.75, 3.05) is 25.5 Å². The van der Waals surface area contributed by atoms with E-state index in [9.17, 15) is 18.7 Å². The first kappa shape index (κ1) is 31.5. The van der Waals surface area contributed by atoms with Gasteiger partial charge in [-0.15, -0.1) is 0 Å². The highest BCUT2D eigenvalue weighted by molar-refractivity contribution is 7.91. The second-order valence-electron chi connectivity index (χ2n) is 9.80. The first-order valence-electron chi connectivity index (χ1n) is 13.9. The molecule has 0 aliphatic carbocycles. The lowest BCUT2D eigenvalue weighted by atomic mass is 9.84. The van der Waals surface area contributed by atoms with Gasteiger partial charge in [-0.1, -0.05) is 54.5 Å². The average Bonchev–Trinajstić information content (AvgIpc) is 3.42. The van der Waals surface area contributed by atoms with E-state index in [1.807, 2.05) is 6.92 Å². The van der Waals surface area contributed by atoms with E-state index < -0.39 is 33.1 Å². The maximum atomic E-state index is 14.0. The molecule has 1 aliphatic rings. The largest absolute Gasteiger partial charge is 0.494 e. The van der Waals surface area contributed by atoms with Crippen molar-refractivity contribution >= 4 is 27.3 Å². The Morgan fingerprint density at radius 2 is 1.84 bits per heavy atom. The van der Waals surface area contributed by atoms with Gasteiger partial charge in [0.05, 0.1) is 17.3 Å². The first-order valence-corrected chi connectivity index (χ1v) is 15.6. The molecule has 0 saturated carbocycles. The molecule has 4 rings (SSSR count). The van der Waals surface area contributed by atoms with Crippen molar-refractivity contribution in [2.45, 2.75) is 42.7 Å². The topological polar surface area (TPSA) is 175 Å². The SMILES string of the molecule is CCCNNC(=O)[C@@]1(CCS(=O)(=O)c2ccccc2)N=C(c2ccc(OCCCO)cc2)O[C@H]1c1ccccc1N=[N+]=[N-]. The van der Waals surface area contributed by atoms with Gasteiger partial charge < -0.3 is 14.6 Å². The van der Waals surface area contributed by atoms with Crippen molar-refractivity contribution in [3.63, 3.8) is 0 Å². The number of nitrogens with one attached hydrogen (secondary N) is 2. The first-order chi connectivity index (χ1) is 20.8. The fourth-order valence-electron chi connectivity index (χ4n) is 4.61. The van der Waals surface area contributed by atoms with E-state index in [2.05, 4.69) is 20.9 Å². The minimum absolute atomic E-state index is 0.0126. The highest BCUT2D eigenvalue weighted by Crippen LogP contribution is 2.45. The van der Waals surface area contributed by atoms with Gasteiger partial charge in [-0.05, 0) is 48.4 Å². The summed E-state index contributed by atoms with van der Waals surface area (Å²) in [5.41, 5.74) is 14.2. The monoisotopic (exact) mass is 606 g/mol. The Bertz CT molecular complexity index is 1580. The number of aliphatic hydroxyl groups is 1. The predicted molar refractivity (Wildman–Crippen MR) is 162 cm³/mol. The van der Waals surface area contributed by atoms with Crippen molar-refractivity contribution < 1.29 is 27.8 Å². The molecule has 1 aliphatic heterocycles. The molecule has 0 fully saturated rings. The van der Waals surface area contributed by atoms with E-state index in [1.165, 1.54) is 12.1 Å². The highest BCUT2D eigenvalue weighted by atomic mass is 32.2. The lowest BCUT2D eigenvalue weighted by Crippen LogP contribution is -2.53. The third-order valence-corrected chi connectivity index (χ3v) is 8.56. The second-order valence-corrected chi connectivity index (χ2v) is 11.9. The zero-order valence-electron chi connectivity index (χ0n) is 23.7. The molecule has 0 saturated heterocycles. The van der Waals surface area contributed by atoms with E-state index in [1.54, 1.807) is 66.7 Å². The lowest BCUT2D eigenvalue weighted by Gasteiger charge is -2.31. The maximum absolute atomic E-state index is 14.0. The number of azide groups is 1. The summed E-state index contributed by atoms with van der Waals surface area (Å²) < 4.78 is 38.8. The van der Waals surface area contributed by atoms with Crippen molar-refractivity contribution in [1.29, 1.82) is 0 Å². The number of nitrogens with zero attached hydrogens (tertiary/aromatic N) is 4. The molecule has 3 N–H and O–H groups in total. The zero-order chi connectivity index (χ0) is 30.7. The summed E-state index contributed by atoms with van der Waals surface area (Å²) in [6.07, 6.45) is -0.139. The number of carbonyl (C=O) groups is 1. The summed E-state index contributed by atoms with van der Waals surface area (Å²) in [7, 11) is -3.81. The molecule has 0 spiro atoms. The molecule has 12 nitrogen and oxygen atoms in total. The average molecular weight is 607 g/mol. The van der Waals surface area contributed by atoms with E-state index in [-0.39, 0.29) is 29.5 Å². The minimum Gasteiger partial charge on any atom is -0.494 e. The summed E-state index contributed by atoms with van der Waals surface area (Å²) in [5.74, 6) is -0.312. The summed E-state index contributed by atoms with van der Waals surface area (Å²) in [6, 6.07) is 21.5. The Hall–Kier alpha value is -4.42. The molecule has 0 aromatic heterocycles. The van der Waals surface area contributed by atoms with Crippen LogP contribution < -0.4 is 15.6 Å². The second kappa shape index (κ2) is 14.7. The number of aliphatic imine (C=N–C) groups is 1. The predicted octanol–water partition coefficient (Wildman–Crippen LogP) is 4.54.